The third kappa shape index (κ3) is 3.77. The molecule has 0 fully saturated rings. The maximum Gasteiger partial charge on any atom is 0.236 e. The van der Waals surface area contributed by atoms with E-state index in [0.29, 0.717) is 13.1 Å². The molecule has 1 aliphatic heterocycles. The molecule has 1 unspecified atom stereocenters. The number of amides is 1. The summed E-state index contributed by atoms with van der Waals surface area (Å²) in [7, 11) is 0. The molecule has 3 heterocycles. The molecule has 0 radical (unpaired) electrons. The van der Waals surface area contributed by atoms with Crippen molar-refractivity contribution in [3.8, 4) is 11.4 Å². The summed E-state index contributed by atoms with van der Waals surface area (Å²) in [5.74, 6) is 0.944. The number of aromatic nitrogens is 3. The van der Waals surface area contributed by atoms with Gasteiger partial charge in [-0.3, -0.25) is 9.36 Å². The average Bonchev–Trinajstić information content (AvgIpc) is 3.35. The van der Waals surface area contributed by atoms with Crippen LogP contribution in [0.1, 0.15) is 17.4 Å². The van der Waals surface area contributed by atoms with E-state index in [1.54, 1.807) is 11.3 Å². The first-order chi connectivity index (χ1) is 13.7. The Hall–Kier alpha value is -2.38. The molecular weight excluding hydrogens is 388 g/mol. The summed E-state index contributed by atoms with van der Waals surface area (Å²) in [4.78, 5) is 16.4. The number of benzene rings is 1. The minimum Gasteiger partial charge on any atom is -0.337 e. The molecule has 0 spiro atoms. The summed E-state index contributed by atoms with van der Waals surface area (Å²) in [5.41, 5.74) is 2.28. The number of hydrogen-bond donors (Lipinski definition) is 0. The average molecular weight is 411 g/mol. The van der Waals surface area contributed by atoms with E-state index < -0.39 is 0 Å². The monoisotopic (exact) mass is 410 g/mol. The molecule has 1 amide bonds. The third-order valence-electron chi connectivity index (χ3n) is 4.81. The van der Waals surface area contributed by atoms with Crippen molar-refractivity contribution in [2.24, 2.45) is 0 Å². The van der Waals surface area contributed by atoms with Crippen LogP contribution in [0.25, 0.3) is 11.4 Å². The maximum atomic E-state index is 13.0. The van der Waals surface area contributed by atoms with Crippen LogP contribution in [0.15, 0.2) is 59.6 Å². The van der Waals surface area contributed by atoms with E-state index in [9.17, 15) is 4.79 Å². The van der Waals surface area contributed by atoms with E-state index in [0.717, 1.165) is 29.5 Å². The molecule has 1 aromatic carbocycles. The highest BCUT2D eigenvalue weighted by molar-refractivity contribution is 8.00. The van der Waals surface area contributed by atoms with Crippen LogP contribution in [0, 0.1) is 0 Å². The number of thioether (sulfide) groups is 1. The van der Waals surface area contributed by atoms with Gasteiger partial charge in [-0.1, -0.05) is 48.2 Å². The molecule has 144 valence electrons. The molecule has 0 N–H and O–H groups in total. The highest BCUT2D eigenvalue weighted by atomic mass is 32.2. The summed E-state index contributed by atoms with van der Waals surface area (Å²) in [6, 6.07) is 12.1. The zero-order valence-corrected chi connectivity index (χ0v) is 17.4. The van der Waals surface area contributed by atoms with Gasteiger partial charge >= 0.3 is 0 Å². The standard InChI is InChI=1S/C21H22N4OS2/c1-3-11-25-19(16-7-5-4-6-8-16)22-23-21(25)28-15(2)20(26)24-12-9-18-17(14-24)10-13-27-18/h3-8,10,13,15H,1,9,11-12,14H2,2H3. The normalized spacial score (nSPS) is 14.5. The van der Waals surface area contributed by atoms with Crippen molar-refractivity contribution in [2.75, 3.05) is 6.54 Å². The van der Waals surface area contributed by atoms with Crippen LogP contribution in [0.3, 0.4) is 0 Å². The second kappa shape index (κ2) is 8.32. The fourth-order valence-electron chi connectivity index (χ4n) is 3.37. The Balaban J connectivity index is 1.51. The first-order valence-corrected chi connectivity index (χ1v) is 11.0. The number of carbonyl (C=O) groups is 1. The number of hydrogen-bond acceptors (Lipinski definition) is 5. The molecule has 0 aliphatic carbocycles. The van der Waals surface area contributed by atoms with E-state index in [4.69, 9.17) is 0 Å². The zero-order valence-electron chi connectivity index (χ0n) is 15.7. The molecule has 5 nitrogen and oxygen atoms in total. The van der Waals surface area contributed by atoms with Gasteiger partial charge in [-0.2, -0.15) is 0 Å². The smallest absolute Gasteiger partial charge is 0.236 e. The number of allylic oxidation sites excluding steroid dienone is 1. The second-order valence-electron chi connectivity index (χ2n) is 6.71. The van der Waals surface area contributed by atoms with Crippen molar-refractivity contribution < 1.29 is 4.79 Å². The third-order valence-corrected chi connectivity index (χ3v) is 6.90. The van der Waals surface area contributed by atoms with E-state index >= 15 is 0 Å². The van der Waals surface area contributed by atoms with E-state index in [1.807, 2.05) is 52.8 Å². The molecule has 0 saturated carbocycles. The van der Waals surface area contributed by atoms with Gasteiger partial charge in [0.1, 0.15) is 0 Å². The van der Waals surface area contributed by atoms with Gasteiger partial charge < -0.3 is 4.90 Å². The lowest BCUT2D eigenvalue weighted by molar-refractivity contribution is -0.131. The topological polar surface area (TPSA) is 51.0 Å². The van der Waals surface area contributed by atoms with Gasteiger partial charge in [0.25, 0.3) is 0 Å². The van der Waals surface area contributed by atoms with Crippen LogP contribution in [-0.2, 0) is 24.3 Å². The Kier molecular flexibility index (Phi) is 5.64. The highest BCUT2D eigenvalue weighted by Gasteiger charge is 2.27. The minimum atomic E-state index is -0.225. The molecule has 2 aromatic heterocycles. The van der Waals surface area contributed by atoms with Crippen LogP contribution in [0.5, 0.6) is 0 Å². The quantitative estimate of drug-likeness (QED) is 0.450. The first kappa shape index (κ1) is 19.0. The van der Waals surface area contributed by atoms with Crippen LogP contribution in [-0.4, -0.2) is 37.4 Å². The SMILES string of the molecule is C=CCn1c(SC(C)C(=O)N2CCc3sccc3C2)nnc1-c1ccccc1. The molecule has 0 saturated heterocycles. The molecule has 3 aromatic rings. The van der Waals surface area contributed by atoms with Crippen molar-refractivity contribution in [2.45, 2.75) is 36.8 Å². The first-order valence-electron chi connectivity index (χ1n) is 9.27. The predicted molar refractivity (Wildman–Crippen MR) is 114 cm³/mol. The molecule has 7 heteroatoms. The molecular formula is C21H22N4OS2. The Morgan fingerprint density at radius 2 is 2.14 bits per heavy atom. The number of carbonyl (C=O) groups excluding carboxylic acids is 1. The number of nitrogens with zero attached hydrogens (tertiary/aromatic N) is 4. The van der Waals surface area contributed by atoms with Gasteiger partial charge in [0.15, 0.2) is 11.0 Å². The lowest BCUT2D eigenvalue weighted by Gasteiger charge is -2.29. The van der Waals surface area contributed by atoms with Crippen molar-refractivity contribution in [3.63, 3.8) is 0 Å². The van der Waals surface area contributed by atoms with Crippen molar-refractivity contribution in [1.29, 1.82) is 0 Å². The van der Waals surface area contributed by atoms with E-state index in [-0.39, 0.29) is 11.2 Å². The van der Waals surface area contributed by atoms with E-state index in [2.05, 4.69) is 28.2 Å². The van der Waals surface area contributed by atoms with Crippen LogP contribution >= 0.6 is 23.1 Å². The molecule has 1 atom stereocenters. The number of thiophene rings is 1. The minimum absolute atomic E-state index is 0.149. The summed E-state index contributed by atoms with van der Waals surface area (Å²) in [5, 5.41) is 11.4. The lowest BCUT2D eigenvalue weighted by Crippen LogP contribution is -2.39. The zero-order chi connectivity index (χ0) is 19.5. The van der Waals surface area contributed by atoms with Crippen molar-refractivity contribution in [1.82, 2.24) is 19.7 Å². The molecule has 1 aliphatic rings. The Labute approximate surface area is 173 Å². The Bertz CT molecular complexity index is 979. The van der Waals surface area contributed by atoms with E-state index in [1.165, 1.54) is 22.2 Å². The maximum absolute atomic E-state index is 13.0. The van der Waals surface area contributed by atoms with Gasteiger partial charge in [-0.25, -0.2) is 0 Å². The number of fused-ring (bicyclic) bond motifs is 1. The molecule has 4 rings (SSSR count). The fourth-order valence-corrected chi connectivity index (χ4v) is 5.20. The predicted octanol–water partition coefficient (Wildman–Crippen LogP) is 4.26. The Morgan fingerprint density at radius 3 is 2.93 bits per heavy atom. The van der Waals surface area contributed by atoms with Gasteiger partial charge in [0.2, 0.25) is 5.91 Å². The van der Waals surface area contributed by atoms with Crippen molar-refractivity contribution >= 4 is 29.0 Å². The summed E-state index contributed by atoms with van der Waals surface area (Å²) in [6.07, 6.45) is 2.77. The van der Waals surface area contributed by atoms with Gasteiger partial charge in [0.05, 0.1) is 5.25 Å². The highest BCUT2D eigenvalue weighted by Crippen LogP contribution is 2.30. The largest absolute Gasteiger partial charge is 0.337 e. The van der Waals surface area contributed by atoms with Crippen LogP contribution in [0.4, 0.5) is 0 Å². The van der Waals surface area contributed by atoms with Gasteiger partial charge in [-0.05, 0) is 30.4 Å². The second-order valence-corrected chi connectivity index (χ2v) is 9.02. The molecule has 28 heavy (non-hydrogen) atoms. The fraction of sp³-hybridized carbons (Fsp3) is 0.286. The molecule has 0 bridgehead atoms. The number of rotatable bonds is 6. The Morgan fingerprint density at radius 1 is 1.32 bits per heavy atom. The summed E-state index contributed by atoms with van der Waals surface area (Å²) >= 11 is 3.25. The van der Waals surface area contributed by atoms with Crippen molar-refractivity contribution in [3.05, 3.63) is 64.9 Å². The van der Waals surface area contributed by atoms with Gasteiger partial charge in [-0.15, -0.1) is 28.1 Å². The lowest BCUT2D eigenvalue weighted by atomic mass is 10.1. The summed E-state index contributed by atoms with van der Waals surface area (Å²) in [6.45, 7) is 7.89. The van der Waals surface area contributed by atoms with Crippen LogP contribution in [0.2, 0.25) is 0 Å². The van der Waals surface area contributed by atoms with Gasteiger partial charge in [0, 0.05) is 30.1 Å². The summed E-state index contributed by atoms with van der Waals surface area (Å²) < 4.78 is 2.02. The van der Waals surface area contributed by atoms with Crippen LogP contribution < -0.4 is 0 Å².